The highest BCUT2D eigenvalue weighted by molar-refractivity contribution is 7.89. The maximum atomic E-state index is 13.0. The topological polar surface area (TPSA) is 105 Å². The number of hydrogen-bond acceptors (Lipinski definition) is 6. The van der Waals surface area contributed by atoms with Gasteiger partial charge in [0.1, 0.15) is 10.6 Å². The van der Waals surface area contributed by atoms with Crippen molar-refractivity contribution in [1.82, 2.24) is 10.2 Å². The number of nitrogens with one attached hydrogen (secondary N) is 1. The van der Waals surface area contributed by atoms with Crippen molar-refractivity contribution in [3.05, 3.63) is 48.0 Å². The molecule has 8 nitrogen and oxygen atoms in total. The SMILES string of the molecule is CCCCN(CCCC)c1cc(C(=O)NCCCN(C)C)cc(S(N)(=O)=O)c1Oc1ccccc1. The van der Waals surface area contributed by atoms with Crippen molar-refractivity contribution in [3.8, 4) is 11.5 Å². The Kier molecular flexibility index (Phi) is 11.5. The summed E-state index contributed by atoms with van der Waals surface area (Å²) in [5.41, 5.74) is 0.799. The van der Waals surface area contributed by atoms with Crippen molar-refractivity contribution in [2.45, 2.75) is 50.8 Å². The lowest BCUT2D eigenvalue weighted by Gasteiger charge is -2.28. The van der Waals surface area contributed by atoms with E-state index in [1.807, 2.05) is 37.2 Å². The fourth-order valence-corrected chi connectivity index (χ4v) is 4.32. The molecule has 3 N–H and O–H groups in total. The highest BCUT2D eigenvalue weighted by Gasteiger charge is 2.26. The van der Waals surface area contributed by atoms with E-state index in [2.05, 4.69) is 24.1 Å². The summed E-state index contributed by atoms with van der Waals surface area (Å²) in [6.45, 7) is 6.94. The van der Waals surface area contributed by atoms with Gasteiger partial charge in [0.15, 0.2) is 5.75 Å². The molecule has 0 saturated heterocycles. The molecule has 0 saturated carbocycles. The minimum Gasteiger partial charge on any atom is -0.454 e. The minimum atomic E-state index is -4.18. The maximum Gasteiger partial charge on any atom is 0.251 e. The molecule has 2 rings (SSSR count). The third kappa shape index (κ3) is 9.16. The fraction of sp³-hybridized carbons (Fsp3) is 0.500. The Morgan fingerprint density at radius 3 is 2.14 bits per heavy atom. The zero-order valence-corrected chi connectivity index (χ0v) is 22.2. The van der Waals surface area contributed by atoms with Gasteiger partial charge in [0.25, 0.3) is 5.91 Å². The number of carbonyl (C=O) groups is 1. The number of carbonyl (C=O) groups excluding carboxylic acids is 1. The van der Waals surface area contributed by atoms with Crippen molar-refractivity contribution in [3.63, 3.8) is 0 Å². The highest BCUT2D eigenvalue weighted by atomic mass is 32.2. The molecule has 0 spiro atoms. The zero-order chi connectivity index (χ0) is 25.8. The van der Waals surface area contributed by atoms with Crippen molar-refractivity contribution in [2.24, 2.45) is 5.14 Å². The van der Waals surface area contributed by atoms with Gasteiger partial charge in [-0.15, -0.1) is 0 Å². The van der Waals surface area contributed by atoms with Crippen LogP contribution >= 0.6 is 0 Å². The smallest absolute Gasteiger partial charge is 0.251 e. The number of unbranched alkanes of at least 4 members (excludes halogenated alkanes) is 2. The van der Waals surface area contributed by atoms with Gasteiger partial charge in [0.05, 0.1) is 5.69 Å². The summed E-state index contributed by atoms with van der Waals surface area (Å²) in [5, 5.41) is 8.54. The van der Waals surface area contributed by atoms with E-state index in [1.165, 1.54) is 6.07 Å². The van der Waals surface area contributed by atoms with Crippen LogP contribution in [0.1, 0.15) is 56.3 Å². The fourth-order valence-electron chi connectivity index (χ4n) is 3.62. The summed E-state index contributed by atoms with van der Waals surface area (Å²) in [7, 11) is -0.239. The Morgan fingerprint density at radius 2 is 1.60 bits per heavy atom. The maximum absolute atomic E-state index is 13.0. The van der Waals surface area contributed by atoms with Gasteiger partial charge in [-0.25, -0.2) is 13.6 Å². The van der Waals surface area contributed by atoms with Crippen LogP contribution in [0.4, 0.5) is 5.69 Å². The number of sulfonamides is 1. The number of para-hydroxylation sites is 1. The molecular formula is C26H40N4O4S. The van der Waals surface area contributed by atoms with Gasteiger partial charge >= 0.3 is 0 Å². The third-order valence-corrected chi connectivity index (χ3v) is 6.45. The van der Waals surface area contributed by atoms with Crippen LogP contribution in [0.25, 0.3) is 0 Å². The van der Waals surface area contributed by atoms with E-state index in [4.69, 9.17) is 9.88 Å². The zero-order valence-electron chi connectivity index (χ0n) is 21.4. The number of nitrogens with two attached hydrogens (primary N) is 1. The molecule has 0 heterocycles. The first-order valence-electron chi connectivity index (χ1n) is 12.3. The number of nitrogens with zero attached hydrogens (tertiary/aromatic N) is 2. The second-order valence-electron chi connectivity index (χ2n) is 8.89. The van der Waals surface area contributed by atoms with Crippen LogP contribution in [0.15, 0.2) is 47.4 Å². The first kappa shape index (κ1) is 28.6. The predicted octanol–water partition coefficient (Wildman–Crippen LogP) is 4.21. The lowest BCUT2D eigenvalue weighted by atomic mass is 10.1. The van der Waals surface area contributed by atoms with Gasteiger partial charge in [-0.3, -0.25) is 4.79 Å². The standard InChI is InChI=1S/C26H40N4O4S/c1-5-7-17-30(18-8-6-2)23-19-21(26(31)28-15-12-16-29(3)4)20-24(35(27,32)33)25(23)34-22-13-10-9-11-14-22/h9-11,13-14,19-20H,5-8,12,15-18H2,1-4H3,(H,28,31)(H2,27,32,33). The first-order chi connectivity index (χ1) is 16.7. The molecule has 0 aliphatic rings. The average molecular weight is 505 g/mol. The summed E-state index contributed by atoms with van der Waals surface area (Å²) in [5.74, 6) is 0.299. The van der Waals surface area contributed by atoms with Gasteiger partial charge < -0.3 is 19.9 Å². The molecule has 194 valence electrons. The Labute approximate surface area is 210 Å². The van der Waals surface area contributed by atoms with E-state index < -0.39 is 10.0 Å². The quantitative estimate of drug-likeness (QED) is 0.352. The van der Waals surface area contributed by atoms with Gasteiger partial charge in [-0.2, -0.15) is 0 Å². The molecule has 2 aromatic rings. The van der Waals surface area contributed by atoms with Gasteiger partial charge in [0, 0.05) is 25.2 Å². The summed E-state index contributed by atoms with van der Waals surface area (Å²) in [6, 6.07) is 12.0. The number of ether oxygens (including phenoxy) is 1. The highest BCUT2D eigenvalue weighted by Crippen LogP contribution is 2.39. The second kappa shape index (κ2) is 14.1. The number of rotatable bonds is 15. The summed E-state index contributed by atoms with van der Waals surface area (Å²) >= 11 is 0. The van der Waals surface area contributed by atoms with Crippen LogP contribution in [0.5, 0.6) is 11.5 Å². The van der Waals surface area contributed by atoms with Crippen LogP contribution < -0.4 is 20.1 Å². The van der Waals surface area contributed by atoms with Crippen LogP contribution in [0, 0.1) is 0 Å². The Morgan fingerprint density at radius 1 is 0.971 bits per heavy atom. The van der Waals surface area contributed by atoms with Crippen molar-refractivity contribution >= 4 is 21.6 Å². The van der Waals surface area contributed by atoms with E-state index in [9.17, 15) is 13.2 Å². The largest absolute Gasteiger partial charge is 0.454 e. The monoisotopic (exact) mass is 504 g/mol. The van der Waals surface area contributed by atoms with Crippen LogP contribution in [0.3, 0.4) is 0 Å². The molecule has 9 heteroatoms. The second-order valence-corrected chi connectivity index (χ2v) is 10.4. The molecule has 0 atom stereocenters. The summed E-state index contributed by atoms with van der Waals surface area (Å²) < 4.78 is 31.5. The predicted molar refractivity (Wildman–Crippen MR) is 142 cm³/mol. The number of amides is 1. The summed E-state index contributed by atoms with van der Waals surface area (Å²) in [4.78, 5) is 17.0. The van der Waals surface area contributed by atoms with Crippen molar-refractivity contribution < 1.29 is 17.9 Å². The molecule has 2 aromatic carbocycles. The Bertz CT molecular complexity index is 1030. The molecule has 35 heavy (non-hydrogen) atoms. The van der Waals surface area contributed by atoms with E-state index in [1.54, 1.807) is 18.2 Å². The lowest BCUT2D eigenvalue weighted by molar-refractivity contribution is 0.0952. The number of hydrogen-bond donors (Lipinski definition) is 2. The normalized spacial score (nSPS) is 11.5. The Balaban J connectivity index is 2.58. The first-order valence-corrected chi connectivity index (χ1v) is 13.8. The molecule has 0 aliphatic heterocycles. The molecule has 0 aliphatic carbocycles. The molecule has 0 radical (unpaired) electrons. The summed E-state index contributed by atoms with van der Waals surface area (Å²) in [6.07, 6.45) is 4.57. The lowest BCUT2D eigenvalue weighted by Crippen LogP contribution is -2.30. The third-order valence-electron chi connectivity index (χ3n) is 5.54. The van der Waals surface area contributed by atoms with E-state index in [0.717, 1.165) is 38.6 Å². The number of anilines is 1. The molecule has 0 bridgehead atoms. The van der Waals surface area contributed by atoms with E-state index >= 15 is 0 Å². The number of primary sulfonamides is 1. The van der Waals surface area contributed by atoms with Crippen LogP contribution in [0.2, 0.25) is 0 Å². The molecule has 1 amide bonds. The average Bonchev–Trinajstić information content (AvgIpc) is 2.82. The molecule has 0 unspecified atom stereocenters. The molecular weight excluding hydrogens is 464 g/mol. The van der Waals surface area contributed by atoms with E-state index in [0.29, 0.717) is 31.1 Å². The van der Waals surface area contributed by atoms with Crippen LogP contribution in [-0.2, 0) is 10.0 Å². The minimum absolute atomic E-state index is 0.148. The van der Waals surface area contributed by atoms with Gasteiger partial charge in [0.2, 0.25) is 10.0 Å². The van der Waals surface area contributed by atoms with Gasteiger partial charge in [-0.05, 0) is 64.2 Å². The van der Waals surface area contributed by atoms with Crippen molar-refractivity contribution in [2.75, 3.05) is 45.2 Å². The number of benzene rings is 2. The van der Waals surface area contributed by atoms with Crippen LogP contribution in [-0.4, -0.2) is 59.5 Å². The van der Waals surface area contributed by atoms with E-state index in [-0.39, 0.29) is 22.1 Å². The van der Waals surface area contributed by atoms with Gasteiger partial charge in [-0.1, -0.05) is 44.9 Å². The molecule has 0 fully saturated rings. The Hall–Kier alpha value is -2.62. The van der Waals surface area contributed by atoms with Crippen molar-refractivity contribution in [1.29, 1.82) is 0 Å². The molecule has 0 aromatic heterocycles.